The molecule has 0 saturated heterocycles. The SMILES string of the molecule is NCc1onc2c1CCOC2. The average molecular weight is 154 g/mol. The second-order valence-electron chi connectivity index (χ2n) is 2.54. The largest absolute Gasteiger partial charge is 0.375 e. The van der Waals surface area contributed by atoms with Gasteiger partial charge in [0.05, 0.1) is 19.8 Å². The third-order valence-corrected chi connectivity index (χ3v) is 1.87. The molecule has 1 aromatic heterocycles. The fourth-order valence-corrected chi connectivity index (χ4v) is 1.28. The Bertz CT molecular complexity index is 243. The molecule has 2 N–H and O–H groups in total. The van der Waals surface area contributed by atoms with Gasteiger partial charge in [0, 0.05) is 12.0 Å². The van der Waals surface area contributed by atoms with E-state index in [2.05, 4.69) is 5.16 Å². The van der Waals surface area contributed by atoms with Crippen LogP contribution in [-0.4, -0.2) is 11.8 Å². The second-order valence-corrected chi connectivity index (χ2v) is 2.54. The average Bonchev–Trinajstić information content (AvgIpc) is 2.47. The third-order valence-electron chi connectivity index (χ3n) is 1.87. The van der Waals surface area contributed by atoms with Gasteiger partial charge in [-0.3, -0.25) is 0 Å². The molecule has 0 atom stereocenters. The zero-order valence-corrected chi connectivity index (χ0v) is 6.17. The van der Waals surface area contributed by atoms with Crippen LogP contribution < -0.4 is 5.73 Å². The first kappa shape index (κ1) is 6.82. The number of fused-ring (bicyclic) bond motifs is 1. The first-order valence-electron chi connectivity index (χ1n) is 3.66. The fourth-order valence-electron chi connectivity index (χ4n) is 1.28. The Kier molecular flexibility index (Phi) is 1.63. The van der Waals surface area contributed by atoms with E-state index in [4.69, 9.17) is 15.0 Å². The van der Waals surface area contributed by atoms with E-state index in [0.717, 1.165) is 30.0 Å². The summed E-state index contributed by atoms with van der Waals surface area (Å²) in [6, 6.07) is 0. The lowest BCUT2D eigenvalue weighted by Gasteiger charge is -2.09. The summed E-state index contributed by atoms with van der Waals surface area (Å²) in [6.07, 6.45) is 0.880. The maximum Gasteiger partial charge on any atom is 0.153 e. The topological polar surface area (TPSA) is 61.3 Å². The van der Waals surface area contributed by atoms with Crippen molar-refractivity contribution in [2.75, 3.05) is 6.61 Å². The highest BCUT2D eigenvalue weighted by Gasteiger charge is 2.17. The molecule has 0 amide bonds. The molecule has 0 aromatic carbocycles. The van der Waals surface area contributed by atoms with Gasteiger partial charge in [-0.25, -0.2) is 0 Å². The minimum Gasteiger partial charge on any atom is -0.375 e. The fraction of sp³-hybridized carbons (Fsp3) is 0.571. The van der Waals surface area contributed by atoms with E-state index >= 15 is 0 Å². The van der Waals surface area contributed by atoms with Crippen molar-refractivity contribution in [1.29, 1.82) is 0 Å². The van der Waals surface area contributed by atoms with Gasteiger partial charge in [0.25, 0.3) is 0 Å². The van der Waals surface area contributed by atoms with E-state index in [-0.39, 0.29) is 0 Å². The van der Waals surface area contributed by atoms with E-state index in [9.17, 15) is 0 Å². The van der Waals surface area contributed by atoms with Crippen LogP contribution in [0.1, 0.15) is 17.0 Å². The standard InChI is InChI=1S/C7H10N2O2/c8-3-7-5-1-2-10-4-6(5)9-11-7/h1-4,8H2. The first-order chi connectivity index (χ1) is 5.42. The molecule has 0 radical (unpaired) electrons. The molecule has 0 spiro atoms. The molecule has 0 aliphatic carbocycles. The van der Waals surface area contributed by atoms with Gasteiger partial charge in [-0.05, 0) is 0 Å². The molecule has 2 rings (SSSR count). The molecule has 4 heteroatoms. The molecule has 1 aliphatic rings. The lowest BCUT2D eigenvalue weighted by Crippen LogP contribution is -2.10. The maximum atomic E-state index is 5.44. The quantitative estimate of drug-likeness (QED) is 0.628. The highest BCUT2D eigenvalue weighted by Crippen LogP contribution is 2.19. The number of nitrogens with zero attached hydrogens (tertiary/aromatic N) is 1. The zero-order valence-electron chi connectivity index (χ0n) is 6.17. The van der Waals surface area contributed by atoms with Gasteiger partial charge in [0.15, 0.2) is 5.76 Å². The summed E-state index contributed by atoms with van der Waals surface area (Å²) in [4.78, 5) is 0. The summed E-state index contributed by atoms with van der Waals surface area (Å²) in [7, 11) is 0. The molecule has 0 fully saturated rings. The van der Waals surface area contributed by atoms with Gasteiger partial charge in [-0.2, -0.15) is 0 Å². The Hall–Kier alpha value is -0.870. The Balaban J connectivity index is 2.38. The summed E-state index contributed by atoms with van der Waals surface area (Å²) in [5.41, 5.74) is 7.51. The molecular formula is C7H10N2O2. The third kappa shape index (κ3) is 1.04. The predicted molar refractivity (Wildman–Crippen MR) is 37.8 cm³/mol. The van der Waals surface area contributed by atoms with Crippen LogP contribution in [0, 0.1) is 0 Å². The van der Waals surface area contributed by atoms with Crippen molar-refractivity contribution in [3.8, 4) is 0 Å². The normalized spacial score (nSPS) is 16.5. The monoisotopic (exact) mass is 154 g/mol. The molecule has 0 unspecified atom stereocenters. The van der Waals surface area contributed by atoms with Gasteiger partial charge in [0.2, 0.25) is 0 Å². The molecule has 0 bridgehead atoms. The van der Waals surface area contributed by atoms with Crippen LogP contribution in [0.3, 0.4) is 0 Å². The summed E-state index contributed by atoms with van der Waals surface area (Å²) < 4.78 is 10.2. The molecule has 1 aliphatic heterocycles. The molecule has 0 saturated carbocycles. The van der Waals surface area contributed by atoms with Crippen LogP contribution in [0.2, 0.25) is 0 Å². The van der Waals surface area contributed by atoms with Crippen molar-refractivity contribution in [2.24, 2.45) is 5.73 Å². The van der Waals surface area contributed by atoms with E-state index in [1.165, 1.54) is 0 Å². The minimum atomic E-state index is 0.433. The van der Waals surface area contributed by atoms with E-state index in [1.54, 1.807) is 0 Å². The Morgan fingerprint density at radius 2 is 2.45 bits per heavy atom. The number of nitrogens with two attached hydrogens (primary N) is 1. The number of hydrogen-bond donors (Lipinski definition) is 1. The van der Waals surface area contributed by atoms with Crippen LogP contribution in [0.25, 0.3) is 0 Å². The Labute approximate surface area is 64.3 Å². The Morgan fingerprint density at radius 1 is 1.55 bits per heavy atom. The number of hydrogen-bond acceptors (Lipinski definition) is 4. The first-order valence-corrected chi connectivity index (χ1v) is 3.66. The highest BCUT2D eigenvalue weighted by atomic mass is 16.5. The molecule has 11 heavy (non-hydrogen) atoms. The Morgan fingerprint density at radius 3 is 3.27 bits per heavy atom. The number of aromatic nitrogens is 1. The van der Waals surface area contributed by atoms with Crippen LogP contribution in [0.4, 0.5) is 0 Å². The molecule has 60 valence electrons. The predicted octanol–water partition coefficient (Wildman–Crippen LogP) is 0.206. The summed E-state index contributed by atoms with van der Waals surface area (Å²) in [5.74, 6) is 0.809. The summed E-state index contributed by atoms with van der Waals surface area (Å²) in [5, 5.41) is 3.85. The van der Waals surface area contributed by atoms with Gasteiger partial charge in [-0.1, -0.05) is 5.16 Å². The highest BCUT2D eigenvalue weighted by molar-refractivity contribution is 5.23. The van der Waals surface area contributed by atoms with Crippen LogP contribution in [-0.2, 0) is 24.3 Å². The maximum absolute atomic E-state index is 5.44. The van der Waals surface area contributed by atoms with E-state index < -0.39 is 0 Å². The van der Waals surface area contributed by atoms with Crippen LogP contribution >= 0.6 is 0 Å². The van der Waals surface area contributed by atoms with Crippen LogP contribution in [0.15, 0.2) is 4.52 Å². The van der Waals surface area contributed by atoms with Crippen LogP contribution in [0.5, 0.6) is 0 Å². The molecule has 2 heterocycles. The van der Waals surface area contributed by atoms with E-state index in [1.807, 2.05) is 0 Å². The smallest absolute Gasteiger partial charge is 0.153 e. The molecule has 4 nitrogen and oxygen atoms in total. The number of rotatable bonds is 1. The molecule has 1 aromatic rings. The van der Waals surface area contributed by atoms with Crippen molar-refractivity contribution in [1.82, 2.24) is 5.16 Å². The lowest BCUT2D eigenvalue weighted by molar-refractivity contribution is 0.107. The van der Waals surface area contributed by atoms with Crippen molar-refractivity contribution in [3.63, 3.8) is 0 Å². The van der Waals surface area contributed by atoms with Gasteiger partial charge >= 0.3 is 0 Å². The minimum absolute atomic E-state index is 0.433. The molecular weight excluding hydrogens is 144 g/mol. The van der Waals surface area contributed by atoms with Crippen molar-refractivity contribution < 1.29 is 9.26 Å². The van der Waals surface area contributed by atoms with Crippen molar-refractivity contribution >= 4 is 0 Å². The van der Waals surface area contributed by atoms with Crippen molar-refractivity contribution in [2.45, 2.75) is 19.6 Å². The summed E-state index contributed by atoms with van der Waals surface area (Å²) >= 11 is 0. The summed E-state index contributed by atoms with van der Waals surface area (Å²) in [6.45, 7) is 1.75. The number of ether oxygens (including phenoxy) is 1. The lowest BCUT2D eigenvalue weighted by atomic mass is 10.1. The van der Waals surface area contributed by atoms with Gasteiger partial charge in [-0.15, -0.1) is 0 Å². The van der Waals surface area contributed by atoms with Gasteiger partial charge in [0.1, 0.15) is 5.69 Å². The van der Waals surface area contributed by atoms with E-state index in [0.29, 0.717) is 13.2 Å². The zero-order chi connectivity index (χ0) is 7.68. The second kappa shape index (κ2) is 2.64. The van der Waals surface area contributed by atoms with Gasteiger partial charge < -0.3 is 15.0 Å². The van der Waals surface area contributed by atoms with Crippen molar-refractivity contribution in [3.05, 3.63) is 17.0 Å².